The molecule has 2 aromatic carbocycles. The van der Waals surface area contributed by atoms with E-state index in [1.807, 2.05) is 30.3 Å². The molecule has 0 aromatic heterocycles. The highest BCUT2D eigenvalue weighted by Gasteiger charge is 2.23. The van der Waals surface area contributed by atoms with Crippen LogP contribution in [-0.4, -0.2) is 42.8 Å². The Morgan fingerprint density at radius 3 is 2.38 bits per heavy atom. The molecule has 0 heterocycles. The van der Waals surface area contributed by atoms with E-state index in [1.165, 1.54) is 17.0 Å². The second-order valence-electron chi connectivity index (χ2n) is 9.27. The molecule has 0 bridgehead atoms. The molecule has 0 radical (unpaired) electrons. The number of rotatable bonds is 13. The summed E-state index contributed by atoms with van der Waals surface area (Å²) in [4.78, 5) is 14.5. The van der Waals surface area contributed by atoms with Crippen molar-refractivity contribution in [3.05, 3.63) is 71.5 Å². The Morgan fingerprint density at radius 1 is 1.06 bits per heavy atom. The van der Waals surface area contributed by atoms with Crippen LogP contribution in [0.4, 0.5) is 8.78 Å². The number of benzene rings is 2. The number of hydrogen-bond donors (Lipinski definition) is 0. The first-order valence-corrected chi connectivity index (χ1v) is 11.5. The molecule has 0 saturated heterocycles. The molecule has 0 saturated carbocycles. The third-order valence-corrected chi connectivity index (χ3v) is 6.03. The Kier molecular flexibility index (Phi) is 10.3. The minimum absolute atomic E-state index is 0.00564. The van der Waals surface area contributed by atoms with Crippen LogP contribution in [0.25, 0.3) is 0 Å². The Bertz CT molecular complexity index is 825. The van der Waals surface area contributed by atoms with E-state index in [-0.39, 0.29) is 24.1 Å². The van der Waals surface area contributed by atoms with Gasteiger partial charge in [-0.3, -0.25) is 4.79 Å². The lowest BCUT2D eigenvalue weighted by Crippen LogP contribution is -2.38. The van der Waals surface area contributed by atoms with Gasteiger partial charge < -0.3 is 9.64 Å². The summed E-state index contributed by atoms with van der Waals surface area (Å²) in [6, 6.07) is 15.3. The third kappa shape index (κ3) is 8.70. The molecular weight excluding hydrogens is 408 g/mol. The van der Waals surface area contributed by atoms with Crippen LogP contribution in [-0.2, 0) is 11.2 Å². The number of carbonyl (C=O) groups excluding carboxylic acids is 1. The summed E-state index contributed by atoms with van der Waals surface area (Å²) >= 11 is 0. The molecule has 0 N–H and O–H groups in total. The zero-order valence-electron chi connectivity index (χ0n) is 19.8. The van der Waals surface area contributed by atoms with Crippen molar-refractivity contribution in [1.82, 2.24) is 4.90 Å². The van der Waals surface area contributed by atoms with Gasteiger partial charge in [0, 0.05) is 20.1 Å². The Labute approximate surface area is 191 Å². The molecule has 176 valence electrons. The maximum atomic E-state index is 14.9. The summed E-state index contributed by atoms with van der Waals surface area (Å²) in [5, 5.41) is 0. The van der Waals surface area contributed by atoms with Gasteiger partial charge in [-0.05, 0) is 50.3 Å². The van der Waals surface area contributed by atoms with Crippen molar-refractivity contribution in [1.29, 1.82) is 0 Å². The highest BCUT2D eigenvalue weighted by Crippen LogP contribution is 2.21. The van der Waals surface area contributed by atoms with Crippen LogP contribution in [0, 0.1) is 11.7 Å². The van der Waals surface area contributed by atoms with Crippen LogP contribution in [0.5, 0.6) is 0 Å². The largest absolute Gasteiger partial charge is 0.379 e. The average Bonchev–Trinajstić information content (AvgIpc) is 2.77. The van der Waals surface area contributed by atoms with Crippen molar-refractivity contribution in [2.45, 2.75) is 64.6 Å². The number of methoxy groups -OCH3 is 1. The van der Waals surface area contributed by atoms with Crippen LogP contribution in [0.15, 0.2) is 54.6 Å². The van der Waals surface area contributed by atoms with Gasteiger partial charge in [0.15, 0.2) is 0 Å². The second kappa shape index (κ2) is 12.7. The van der Waals surface area contributed by atoms with E-state index in [2.05, 4.69) is 20.8 Å². The zero-order chi connectivity index (χ0) is 23.6. The van der Waals surface area contributed by atoms with Crippen LogP contribution in [0.1, 0.15) is 62.4 Å². The number of hydrogen-bond acceptors (Lipinski definition) is 2. The number of nitrogens with zero attached hydrogens (tertiary/aromatic N) is 1. The van der Waals surface area contributed by atoms with E-state index in [0.29, 0.717) is 12.5 Å². The zero-order valence-corrected chi connectivity index (χ0v) is 19.8. The van der Waals surface area contributed by atoms with E-state index in [9.17, 15) is 13.6 Å². The lowest BCUT2D eigenvalue weighted by molar-refractivity contribution is 0.0126. The quantitative estimate of drug-likeness (QED) is 0.354. The van der Waals surface area contributed by atoms with E-state index in [0.717, 1.165) is 31.2 Å². The molecule has 0 aliphatic carbocycles. The normalized spacial score (nSPS) is 13.6. The van der Waals surface area contributed by atoms with Crippen molar-refractivity contribution in [3.63, 3.8) is 0 Å². The monoisotopic (exact) mass is 445 g/mol. The second-order valence-corrected chi connectivity index (χ2v) is 9.27. The van der Waals surface area contributed by atoms with Crippen molar-refractivity contribution in [2.24, 2.45) is 5.92 Å². The van der Waals surface area contributed by atoms with Crippen LogP contribution in [0.2, 0.25) is 0 Å². The fraction of sp³-hybridized carbons (Fsp3) is 0.519. The molecule has 2 unspecified atom stereocenters. The van der Waals surface area contributed by atoms with Crippen LogP contribution >= 0.6 is 0 Å². The maximum absolute atomic E-state index is 14.9. The molecule has 0 aliphatic rings. The average molecular weight is 446 g/mol. The fourth-order valence-electron chi connectivity index (χ4n) is 3.75. The topological polar surface area (TPSA) is 29.5 Å². The maximum Gasteiger partial charge on any atom is 0.256 e. The van der Waals surface area contributed by atoms with Gasteiger partial charge >= 0.3 is 0 Å². The molecule has 3 nitrogen and oxygen atoms in total. The summed E-state index contributed by atoms with van der Waals surface area (Å²) in [6.45, 7) is 6.63. The molecule has 2 atom stereocenters. The summed E-state index contributed by atoms with van der Waals surface area (Å²) < 4.78 is 34.6. The van der Waals surface area contributed by atoms with E-state index < -0.39 is 17.9 Å². The molecule has 0 fully saturated rings. The lowest BCUT2D eigenvalue weighted by Gasteiger charge is -2.27. The number of amides is 1. The van der Waals surface area contributed by atoms with Gasteiger partial charge in [0.05, 0.1) is 17.7 Å². The summed E-state index contributed by atoms with van der Waals surface area (Å²) in [5.41, 5.74) is 0.729. The lowest BCUT2D eigenvalue weighted by atomic mass is 9.94. The Hall–Kier alpha value is -2.27. The first-order valence-electron chi connectivity index (χ1n) is 11.5. The van der Waals surface area contributed by atoms with E-state index in [1.54, 1.807) is 19.2 Å². The highest BCUT2D eigenvalue weighted by molar-refractivity contribution is 5.94. The summed E-state index contributed by atoms with van der Waals surface area (Å²) in [7, 11) is 1.72. The third-order valence-electron chi connectivity index (χ3n) is 6.03. The van der Waals surface area contributed by atoms with Gasteiger partial charge in [0.25, 0.3) is 5.91 Å². The van der Waals surface area contributed by atoms with Gasteiger partial charge in [-0.25, -0.2) is 8.78 Å². The first-order chi connectivity index (χ1) is 15.2. The van der Waals surface area contributed by atoms with E-state index in [4.69, 9.17) is 4.74 Å². The minimum Gasteiger partial charge on any atom is -0.379 e. The molecule has 0 spiro atoms. The van der Waals surface area contributed by atoms with Gasteiger partial charge in [-0.2, -0.15) is 0 Å². The SMILES string of the molecule is COC(C)(C)CCCC(C)CCN(CC(F)Cc1ccccc1)C(=O)c1ccccc1F. The number of halogens is 2. The van der Waals surface area contributed by atoms with Gasteiger partial charge in [-0.15, -0.1) is 0 Å². The van der Waals surface area contributed by atoms with Crippen molar-refractivity contribution in [2.75, 3.05) is 20.2 Å². The standard InChI is InChI=1S/C27H37F2NO2/c1-21(11-10-17-27(2,3)32-4)16-18-30(26(31)24-14-8-9-15-25(24)29)20-23(28)19-22-12-6-5-7-13-22/h5-9,12-15,21,23H,10-11,16-20H2,1-4H3. The molecule has 2 aromatic rings. The first kappa shape index (κ1) is 26.0. The summed E-state index contributed by atoms with van der Waals surface area (Å²) in [6.07, 6.45) is 2.72. The van der Waals surface area contributed by atoms with E-state index >= 15 is 0 Å². The number of ether oxygens (including phenoxy) is 1. The fourth-order valence-corrected chi connectivity index (χ4v) is 3.75. The predicted molar refractivity (Wildman–Crippen MR) is 126 cm³/mol. The molecule has 0 aliphatic heterocycles. The predicted octanol–water partition coefficient (Wildman–Crippen LogP) is 6.47. The molecule has 1 amide bonds. The van der Waals surface area contributed by atoms with Crippen LogP contribution in [0.3, 0.4) is 0 Å². The molecular formula is C27H37F2NO2. The van der Waals surface area contributed by atoms with Crippen molar-refractivity contribution >= 4 is 5.91 Å². The van der Waals surface area contributed by atoms with Crippen LogP contribution < -0.4 is 0 Å². The highest BCUT2D eigenvalue weighted by atomic mass is 19.1. The Morgan fingerprint density at radius 2 is 1.72 bits per heavy atom. The number of carbonyl (C=O) groups is 1. The smallest absolute Gasteiger partial charge is 0.256 e. The van der Waals surface area contributed by atoms with Gasteiger partial charge in [-0.1, -0.05) is 62.2 Å². The summed E-state index contributed by atoms with van der Waals surface area (Å²) in [5.74, 6) is -0.659. The van der Waals surface area contributed by atoms with Crippen molar-refractivity contribution in [3.8, 4) is 0 Å². The molecule has 32 heavy (non-hydrogen) atoms. The Balaban J connectivity index is 2.00. The molecule has 2 rings (SSSR count). The van der Waals surface area contributed by atoms with Crippen molar-refractivity contribution < 1.29 is 18.3 Å². The minimum atomic E-state index is -1.22. The molecule has 5 heteroatoms. The van der Waals surface area contributed by atoms with Gasteiger partial charge in [0.2, 0.25) is 0 Å². The van der Waals surface area contributed by atoms with Gasteiger partial charge in [0.1, 0.15) is 12.0 Å². The number of alkyl halides is 1.